The molecule has 2 rings (SSSR count). The number of carbonyl (C=O) groups is 1. The summed E-state index contributed by atoms with van der Waals surface area (Å²) in [4.78, 5) is 11.4. The van der Waals surface area contributed by atoms with Crippen molar-refractivity contribution in [3.63, 3.8) is 0 Å². The first-order chi connectivity index (χ1) is 11.4. The van der Waals surface area contributed by atoms with Crippen LogP contribution in [0.1, 0.15) is 46.0 Å². The van der Waals surface area contributed by atoms with E-state index in [1.807, 2.05) is 6.92 Å². The number of methoxy groups -OCH3 is 1. The molecule has 0 unspecified atom stereocenters. The quantitative estimate of drug-likeness (QED) is 0.852. The fourth-order valence-corrected chi connectivity index (χ4v) is 4.96. The van der Waals surface area contributed by atoms with Crippen molar-refractivity contribution in [2.24, 2.45) is 0 Å². The molecule has 0 spiro atoms. The van der Waals surface area contributed by atoms with Gasteiger partial charge in [-0.05, 0) is 25.0 Å². The van der Waals surface area contributed by atoms with E-state index in [9.17, 15) is 13.2 Å². The zero-order chi connectivity index (χ0) is 17.7. The maximum Gasteiger partial charge on any atom is 0.243 e. The molecule has 7 heteroatoms. The zero-order valence-corrected chi connectivity index (χ0v) is 15.4. The maximum atomic E-state index is 13.0. The molecule has 0 heterocycles. The molecule has 6 nitrogen and oxygen atoms in total. The first-order valence-electron chi connectivity index (χ1n) is 8.37. The van der Waals surface area contributed by atoms with E-state index in [4.69, 9.17) is 4.74 Å². The zero-order valence-electron chi connectivity index (χ0n) is 14.5. The Morgan fingerprint density at radius 3 is 2.50 bits per heavy atom. The van der Waals surface area contributed by atoms with Crippen LogP contribution in [0, 0.1) is 0 Å². The number of rotatable bonds is 6. The van der Waals surface area contributed by atoms with Gasteiger partial charge in [0.05, 0.1) is 17.7 Å². The van der Waals surface area contributed by atoms with Crippen molar-refractivity contribution in [2.75, 3.05) is 19.0 Å². The van der Waals surface area contributed by atoms with Crippen molar-refractivity contribution in [1.82, 2.24) is 4.31 Å². The summed E-state index contributed by atoms with van der Waals surface area (Å²) in [6, 6.07) is 4.64. The molecule has 24 heavy (non-hydrogen) atoms. The molecule has 0 saturated heterocycles. The van der Waals surface area contributed by atoms with Crippen LogP contribution in [0.5, 0.6) is 5.75 Å². The molecule has 0 aliphatic heterocycles. The molecule has 1 aromatic rings. The molecule has 0 atom stereocenters. The highest BCUT2D eigenvalue weighted by atomic mass is 32.2. The Bertz CT molecular complexity index is 682. The lowest BCUT2D eigenvalue weighted by molar-refractivity contribution is -0.114. The fraction of sp³-hybridized carbons (Fsp3) is 0.588. The molecule has 0 radical (unpaired) electrons. The summed E-state index contributed by atoms with van der Waals surface area (Å²) < 4.78 is 32.9. The number of hydrogen-bond acceptors (Lipinski definition) is 4. The van der Waals surface area contributed by atoms with Gasteiger partial charge >= 0.3 is 0 Å². The van der Waals surface area contributed by atoms with Gasteiger partial charge < -0.3 is 10.1 Å². The van der Waals surface area contributed by atoms with Crippen molar-refractivity contribution < 1.29 is 17.9 Å². The highest BCUT2D eigenvalue weighted by Crippen LogP contribution is 2.32. The number of ether oxygens (including phenoxy) is 1. The highest BCUT2D eigenvalue weighted by molar-refractivity contribution is 7.89. The number of nitrogens with one attached hydrogen (secondary N) is 1. The number of nitrogens with zero attached hydrogens (tertiary/aromatic N) is 1. The van der Waals surface area contributed by atoms with Gasteiger partial charge in [0.1, 0.15) is 5.75 Å². The van der Waals surface area contributed by atoms with Crippen LogP contribution < -0.4 is 10.1 Å². The van der Waals surface area contributed by atoms with Gasteiger partial charge in [0.25, 0.3) is 0 Å². The molecule has 1 amide bonds. The Morgan fingerprint density at radius 1 is 1.29 bits per heavy atom. The molecule has 1 N–H and O–H groups in total. The van der Waals surface area contributed by atoms with Crippen molar-refractivity contribution in [2.45, 2.75) is 56.9 Å². The third kappa shape index (κ3) is 4.08. The van der Waals surface area contributed by atoms with E-state index in [1.165, 1.54) is 32.6 Å². The van der Waals surface area contributed by atoms with E-state index in [1.54, 1.807) is 10.4 Å². The normalized spacial score (nSPS) is 16.2. The monoisotopic (exact) mass is 354 g/mol. The minimum atomic E-state index is -3.59. The third-order valence-corrected chi connectivity index (χ3v) is 6.41. The molecule has 0 bridgehead atoms. The Kier molecular flexibility index (Phi) is 6.23. The standard InChI is InChI=1S/C17H26N2O4S/c1-4-19(14-8-6-5-7-9-14)24(21,22)15-10-11-16(18-13(2)20)17(12-15)23-3/h10-12,14H,4-9H2,1-3H3,(H,18,20). The second-order valence-electron chi connectivity index (χ2n) is 6.04. The molecule has 1 aliphatic carbocycles. The second kappa shape index (κ2) is 7.98. The average molecular weight is 354 g/mol. The van der Waals surface area contributed by atoms with Crippen molar-refractivity contribution in [3.8, 4) is 5.75 Å². The van der Waals surface area contributed by atoms with E-state index in [2.05, 4.69) is 5.32 Å². The van der Waals surface area contributed by atoms with Crippen molar-refractivity contribution >= 4 is 21.6 Å². The van der Waals surface area contributed by atoms with Gasteiger partial charge in [0.2, 0.25) is 15.9 Å². The lowest BCUT2D eigenvalue weighted by Crippen LogP contribution is -2.41. The van der Waals surface area contributed by atoms with Gasteiger partial charge in [-0.25, -0.2) is 8.42 Å². The summed E-state index contributed by atoms with van der Waals surface area (Å²) in [5.41, 5.74) is 0.463. The average Bonchev–Trinajstić information content (AvgIpc) is 2.56. The Morgan fingerprint density at radius 2 is 1.96 bits per heavy atom. The first kappa shape index (κ1) is 18.7. The summed E-state index contributed by atoms with van der Waals surface area (Å²) in [6.07, 6.45) is 5.14. The first-order valence-corrected chi connectivity index (χ1v) is 9.81. The van der Waals surface area contributed by atoms with Gasteiger partial charge in [0, 0.05) is 25.6 Å². The minimum absolute atomic E-state index is 0.0646. The number of amides is 1. The van der Waals surface area contributed by atoms with Crippen LogP contribution in [-0.4, -0.2) is 38.3 Å². The number of hydrogen-bond donors (Lipinski definition) is 1. The molecule has 1 aromatic carbocycles. The number of carbonyl (C=O) groups excluding carboxylic acids is 1. The molecular formula is C17H26N2O4S. The van der Waals surface area contributed by atoms with Gasteiger partial charge in [-0.1, -0.05) is 26.2 Å². The molecule has 1 saturated carbocycles. The Labute approximate surface area is 144 Å². The van der Waals surface area contributed by atoms with Gasteiger partial charge in [0.15, 0.2) is 0 Å². The minimum Gasteiger partial charge on any atom is -0.495 e. The van der Waals surface area contributed by atoms with E-state index in [0.717, 1.165) is 25.7 Å². The van der Waals surface area contributed by atoms with Crippen LogP contribution in [0.25, 0.3) is 0 Å². The highest BCUT2D eigenvalue weighted by Gasteiger charge is 2.31. The van der Waals surface area contributed by atoms with Crippen LogP contribution in [0.4, 0.5) is 5.69 Å². The number of anilines is 1. The van der Waals surface area contributed by atoms with Crippen molar-refractivity contribution in [1.29, 1.82) is 0 Å². The molecule has 1 aliphatic rings. The number of benzene rings is 1. The van der Waals surface area contributed by atoms with E-state index in [0.29, 0.717) is 18.0 Å². The smallest absolute Gasteiger partial charge is 0.243 e. The van der Waals surface area contributed by atoms with Crippen LogP contribution in [0.3, 0.4) is 0 Å². The lowest BCUT2D eigenvalue weighted by atomic mass is 9.95. The van der Waals surface area contributed by atoms with E-state index in [-0.39, 0.29) is 16.8 Å². The Hall–Kier alpha value is -1.60. The summed E-state index contributed by atoms with van der Waals surface area (Å²) in [5, 5.41) is 2.64. The van der Waals surface area contributed by atoms with Crippen LogP contribution in [0.2, 0.25) is 0 Å². The van der Waals surface area contributed by atoms with Crippen LogP contribution >= 0.6 is 0 Å². The summed E-state index contributed by atoms with van der Waals surface area (Å²) in [7, 11) is -2.13. The fourth-order valence-electron chi connectivity index (χ4n) is 3.25. The second-order valence-corrected chi connectivity index (χ2v) is 7.93. The molecule has 134 valence electrons. The van der Waals surface area contributed by atoms with Crippen molar-refractivity contribution in [3.05, 3.63) is 18.2 Å². The third-order valence-electron chi connectivity index (χ3n) is 4.38. The summed E-state index contributed by atoms with van der Waals surface area (Å²) in [5.74, 6) is 0.104. The lowest BCUT2D eigenvalue weighted by Gasteiger charge is -2.32. The maximum absolute atomic E-state index is 13.0. The molecular weight excluding hydrogens is 328 g/mol. The SMILES string of the molecule is CCN(C1CCCCC1)S(=O)(=O)c1ccc(NC(C)=O)c(OC)c1. The van der Waals surface area contributed by atoms with Crippen LogP contribution in [0.15, 0.2) is 23.1 Å². The Balaban J connectivity index is 2.34. The largest absolute Gasteiger partial charge is 0.495 e. The summed E-state index contributed by atoms with van der Waals surface area (Å²) in [6.45, 7) is 3.71. The molecule has 0 aromatic heterocycles. The predicted octanol–water partition coefficient (Wildman–Crippen LogP) is 3.00. The molecule has 1 fully saturated rings. The predicted molar refractivity (Wildman–Crippen MR) is 93.7 cm³/mol. The van der Waals surface area contributed by atoms with Gasteiger partial charge in [-0.3, -0.25) is 4.79 Å². The van der Waals surface area contributed by atoms with E-state index < -0.39 is 10.0 Å². The summed E-state index contributed by atoms with van der Waals surface area (Å²) >= 11 is 0. The van der Waals surface area contributed by atoms with Gasteiger partial charge in [-0.15, -0.1) is 0 Å². The van der Waals surface area contributed by atoms with E-state index >= 15 is 0 Å². The van der Waals surface area contributed by atoms with Gasteiger partial charge in [-0.2, -0.15) is 4.31 Å². The van der Waals surface area contributed by atoms with Crippen LogP contribution in [-0.2, 0) is 14.8 Å². The topological polar surface area (TPSA) is 75.7 Å². The number of sulfonamides is 1.